The lowest BCUT2D eigenvalue weighted by molar-refractivity contribution is 0.0242. The van der Waals surface area contributed by atoms with Crippen molar-refractivity contribution >= 4 is 21.8 Å². The van der Waals surface area contributed by atoms with Gasteiger partial charge in [0.05, 0.1) is 6.61 Å². The standard InChI is InChI=1S/C12H15BrN2O2/c13-10-5-3-9(4-6-10)12(16)15-17-8-11-2-1-7-14-11/h3-6,11,14H,1-2,7-8H2,(H,15,16). The molecule has 2 N–H and O–H groups in total. The van der Waals surface area contributed by atoms with Gasteiger partial charge in [-0.1, -0.05) is 15.9 Å². The fourth-order valence-corrected chi connectivity index (χ4v) is 2.03. The van der Waals surface area contributed by atoms with Crippen LogP contribution in [0.15, 0.2) is 28.7 Å². The number of hydrogen-bond donors (Lipinski definition) is 2. The molecule has 1 amide bonds. The Hall–Kier alpha value is -0.910. The van der Waals surface area contributed by atoms with Gasteiger partial charge >= 0.3 is 0 Å². The second-order valence-corrected chi connectivity index (χ2v) is 4.96. The topological polar surface area (TPSA) is 50.4 Å². The third kappa shape index (κ3) is 3.80. The molecule has 5 heteroatoms. The molecule has 0 radical (unpaired) electrons. The fraction of sp³-hybridized carbons (Fsp3) is 0.417. The minimum Gasteiger partial charge on any atom is -0.312 e. The van der Waals surface area contributed by atoms with E-state index in [1.54, 1.807) is 12.1 Å². The van der Waals surface area contributed by atoms with Crippen molar-refractivity contribution in [2.75, 3.05) is 13.2 Å². The normalized spacial score (nSPS) is 19.2. The summed E-state index contributed by atoms with van der Waals surface area (Å²) in [6.07, 6.45) is 2.28. The number of hydrogen-bond acceptors (Lipinski definition) is 3. The highest BCUT2D eigenvalue weighted by Gasteiger charge is 2.14. The van der Waals surface area contributed by atoms with Gasteiger partial charge in [-0.25, -0.2) is 5.48 Å². The van der Waals surface area contributed by atoms with E-state index in [4.69, 9.17) is 4.84 Å². The zero-order chi connectivity index (χ0) is 12.1. The van der Waals surface area contributed by atoms with Crippen LogP contribution in [0.5, 0.6) is 0 Å². The van der Waals surface area contributed by atoms with Crippen molar-refractivity contribution < 1.29 is 9.63 Å². The van der Waals surface area contributed by atoms with Gasteiger partial charge in [0.2, 0.25) is 0 Å². The zero-order valence-corrected chi connectivity index (χ0v) is 11.0. The van der Waals surface area contributed by atoms with Crippen LogP contribution in [0.25, 0.3) is 0 Å². The molecule has 1 unspecified atom stereocenters. The first-order valence-corrected chi connectivity index (χ1v) is 6.46. The second-order valence-electron chi connectivity index (χ2n) is 4.04. The number of hydroxylamine groups is 1. The van der Waals surface area contributed by atoms with E-state index in [0.717, 1.165) is 17.4 Å². The molecule has 1 atom stereocenters. The van der Waals surface area contributed by atoms with Crippen molar-refractivity contribution in [3.8, 4) is 0 Å². The van der Waals surface area contributed by atoms with Crippen LogP contribution in [-0.4, -0.2) is 25.1 Å². The van der Waals surface area contributed by atoms with E-state index in [0.29, 0.717) is 18.2 Å². The molecule has 1 aromatic rings. The molecule has 17 heavy (non-hydrogen) atoms. The quantitative estimate of drug-likeness (QED) is 0.834. The maximum atomic E-state index is 11.7. The molecule has 0 aromatic heterocycles. The average molecular weight is 299 g/mol. The number of benzene rings is 1. The maximum absolute atomic E-state index is 11.7. The van der Waals surface area contributed by atoms with Crippen molar-refractivity contribution in [3.63, 3.8) is 0 Å². The van der Waals surface area contributed by atoms with E-state index < -0.39 is 0 Å². The average Bonchev–Trinajstić information content (AvgIpc) is 2.83. The molecule has 4 nitrogen and oxygen atoms in total. The minimum atomic E-state index is -0.213. The minimum absolute atomic E-state index is 0.213. The highest BCUT2D eigenvalue weighted by Crippen LogP contribution is 2.10. The lowest BCUT2D eigenvalue weighted by atomic mass is 10.2. The van der Waals surface area contributed by atoms with Gasteiger partial charge in [0.15, 0.2) is 0 Å². The van der Waals surface area contributed by atoms with E-state index >= 15 is 0 Å². The predicted octanol–water partition coefficient (Wildman–Crippen LogP) is 1.86. The van der Waals surface area contributed by atoms with Crippen molar-refractivity contribution in [2.24, 2.45) is 0 Å². The molecule has 0 spiro atoms. The smallest absolute Gasteiger partial charge is 0.274 e. The fourth-order valence-electron chi connectivity index (χ4n) is 1.77. The summed E-state index contributed by atoms with van der Waals surface area (Å²) in [6, 6.07) is 7.51. The molecule has 1 fully saturated rings. The van der Waals surface area contributed by atoms with E-state index in [1.807, 2.05) is 12.1 Å². The highest BCUT2D eigenvalue weighted by atomic mass is 79.9. The molecule has 2 rings (SSSR count). The summed E-state index contributed by atoms with van der Waals surface area (Å²) < 4.78 is 0.949. The number of carbonyl (C=O) groups excluding carboxylic acids is 1. The number of amides is 1. The van der Waals surface area contributed by atoms with Crippen LogP contribution in [0.2, 0.25) is 0 Å². The van der Waals surface area contributed by atoms with Gasteiger partial charge in [-0.2, -0.15) is 0 Å². The largest absolute Gasteiger partial charge is 0.312 e. The van der Waals surface area contributed by atoms with E-state index in [9.17, 15) is 4.79 Å². The third-order valence-electron chi connectivity index (χ3n) is 2.72. The van der Waals surface area contributed by atoms with Crippen molar-refractivity contribution in [1.29, 1.82) is 0 Å². The molecule has 1 heterocycles. The van der Waals surface area contributed by atoms with Crippen LogP contribution in [0, 0.1) is 0 Å². The first-order valence-electron chi connectivity index (χ1n) is 5.67. The molecule has 1 aromatic carbocycles. The number of carbonyl (C=O) groups is 1. The Labute approximate surface area is 109 Å². The van der Waals surface area contributed by atoms with Gasteiger partial charge < -0.3 is 5.32 Å². The van der Waals surface area contributed by atoms with Crippen LogP contribution in [-0.2, 0) is 4.84 Å². The second kappa shape index (κ2) is 6.14. The molecule has 1 saturated heterocycles. The maximum Gasteiger partial charge on any atom is 0.274 e. The van der Waals surface area contributed by atoms with E-state index in [1.165, 1.54) is 6.42 Å². The molecule has 1 aliphatic rings. The predicted molar refractivity (Wildman–Crippen MR) is 68.6 cm³/mol. The molecular formula is C12H15BrN2O2. The van der Waals surface area contributed by atoms with Crippen molar-refractivity contribution in [3.05, 3.63) is 34.3 Å². The summed E-state index contributed by atoms with van der Waals surface area (Å²) in [6.45, 7) is 1.55. The SMILES string of the molecule is O=C(NOCC1CCCN1)c1ccc(Br)cc1. The lowest BCUT2D eigenvalue weighted by Crippen LogP contribution is -2.32. The Kier molecular flexibility index (Phi) is 4.53. The van der Waals surface area contributed by atoms with Crippen LogP contribution in [0.4, 0.5) is 0 Å². The van der Waals surface area contributed by atoms with Gasteiger partial charge in [0.25, 0.3) is 5.91 Å². The first kappa shape index (κ1) is 12.5. The summed E-state index contributed by atoms with van der Waals surface area (Å²) in [5, 5.41) is 3.30. The highest BCUT2D eigenvalue weighted by molar-refractivity contribution is 9.10. The molecule has 0 bridgehead atoms. The molecule has 92 valence electrons. The monoisotopic (exact) mass is 298 g/mol. The van der Waals surface area contributed by atoms with Crippen molar-refractivity contribution in [1.82, 2.24) is 10.8 Å². The van der Waals surface area contributed by atoms with Crippen LogP contribution in [0.3, 0.4) is 0 Å². The summed E-state index contributed by atoms with van der Waals surface area (Å²) in [4.78, 5) is 16.8. The zero-order valence-electron chi connectivity index (χ0n) is 9.41. The van der Waals surface area contributed by atoms with Crippen LogP contribution in [0.1, 0.15) is 23.2 Å². The van der Waals surface area contributed by atoms with Crippen molar-refractivity contribution in [2.45, 2.75) is 18.9 Å². The molecular weight excluding hydrogens is 284 g/mol. The van der Waals surface area contributed by atoms with Gasteiger partial charge in [0, 0.05) is 16.1 Å². The Bertz CT molecular complexity index is 375. The third-order valence-corrected chi connectivity index (χ3v) is 3.25. The summed E-state index contributed by atoms with van der Waals surface area (Å²) in [5.41, 5.74) is 3.04. The summed E-state index contributed by atoms with van der Waals surface area (Å²) in [7, 11) is 0. The van der Waals surface area contributed by atoms with E-state index in [2.05, 4.69) is 26.7 Å². The van der Waals surface area contributed by atoms with Gasteiger partial charge in [0.1, 0.15) is 0 Å². The van der Waals surface area contributed by atoms with Crippen LogP contribution < -0.4 is 10.8 Å². The summed E-state index contributed by atoms with van der Waals surface area (Å²) in [5.74, 6) is -0.213. The Morgan fingerprint density at radius 3 is 2.88 bits per heavy atom. The Balaban J connectivity index is 1.75. The molecule has 1 aliphatic heterocycles. The lowest BCUT2D eigenvalue weighted by Gasteiger charge is -2.11. The van der Waals surface area contributed by atoms with E-state index in [-0.39, 0.29) is 5.91 Å². The number of halogens is 1. The van der Waals surface area contributed by atoms with Gasteiger partial charge in [-0.05, 0) is 43.7 Å². The van der Waals surface area contributed by atoms with Gasteiger partial charge in [-0.15, -0.1) is 0 Å². The Morgan fingerprint density at radius 2 is 2.24 bits per heavy atom. The van der Waals surface area contributed by atoms with Gasteiger partial charge in [-0.3, -0.25) is 9.63 Å². The molecule has 0 aliphatic carbocycles. The summed E-state index contributed by atoms with van der Waals surface area (Å²) >= 11 is 3.32. The van der Waals surface area contributed by atoms with Crippen LogP contribution >= 0.6 is 15.9 Å². The Morgan fingerprint density at radius 1 is 1.47 bits per heavy atom. The number of rotatable bonds is 4. The molecule has 0 saturated carbocycles. The first-order chi connectivity index (χ1) is 8.25. The number of nitrogens with one attached hydrogen (secondary N) is 2.